The Bertz CT molecular complexity index is 615. The number of halogens is 1. The van der Waals surface area contributed by atoms with Crippen molar-refractivity contribution in [3.63, 3.8) is 0 Å². The molecule has 2 heterocycles. The van der Waals surface area contributed by atoms with Gasteiger partial charge in [0.05, 0.1) is 6.54 Å². The average Bonchev–Trinajstić information content (AvgIpc) is 3.17. The van der Waals surface area contributed by atoms with Gasteiger partial charge in [0.25, 0.3) is 0 Å². The third-order valence-corrected chi connectivity index (χ3v) is 3.89. The van der Waals surface area contributed by atoms with Crippen LogP contribution in [0.2, 0.25) is 5.02 Å². The number of hydrogen-bond donors (Lipinski definition) is 2. The first-order valence-corrected chi connectivity index (χ1v) is 7.52. The first-order valence-electron chi connectivity index (χ1n) is 7.15. The van der Waals surface area contributed by atoms with Crippen molar-refractivity contribution in [3.05, 3.63) is 47.3 Å². The molecule has 22 heavy (non-hydrogen) atoms. The Hall–Kier alpha value is -2.21. The van der Waals surface area contributed by atoms with E-state index in [2.05, 4.69) is 20.7 Å². The topological polar surface area (TPSA) is 70.4 Å². The van der Waals surface area contributed by atoms with E-state index in [0.29, 0.717) is 12.2 Å². The Morgan fingerprint density at radius 3 is 2.91 bits per heavy atom. The lowest BCUT2D eigenvalue weighted by atomic mass is 10.3. The Labute approximate surface area is 133 Å². The van der Waals surface area contributed by atoms with E-state index in [1.807, 2.05) is 24.3 Å². The van der Waals surface area contributed by atoms with Gasteiger partial charge in [0, 0.05) is 35.9 Å². The third-order valence-electron chi connectivity index (χ3n) is 3.64. The van der Waals surface area contributed by atoms with Gasteiger partial charge in [-0.25, -0.2) is 4.79 Å². The summed E-state index contributed by atoms with van der Waals surface area (Å²) in [5.41, 5.74) is 1.82. The Kier molecular flexibility index (Phi) is 4.48. The SMILES string of the molecule is O=C(NCc1ccon1)N[C@H]1CCN(c2ccc(Cl)cc2)C1. The van der Waals surface area contributed by atoms with Gasteiger partial charge >= 0.3 is 6.03 Å². The summed E-state index contributed by atoms with van der Waals surface area (Å²) in [6, 6.07) is 9.41. The van der Waals surface area contributed by atoms with Crippen LogP contribution in [0, 0.1) is 0 Å². The molecule has 3 rings (SSSR count). The molecule has 0 bridgehead atoms. The van der Waals surface area contributed by atoms with Gasteiger partial charge in [-0.2, -0.15) is 0 Å². The summed E-state index contributed by atoms with van der Waals surface area (Å²) in [7, 11) is 0. The van der Waals surface area contributed by atoms with Gasteiger partial charge in [-0.05, 0) is 30.7 Å². The van der Waals surface area contributed by atoms with E-state index in [-0.39, 0.29) is 12.1 Å². The number of benzene rings is 1. The summed E-state index contributed by atoms with van der Waals surface area (Å²) in [5.74, 6) is 0. The minimum absolute atomic E-state index is 0.132. The highest BCUT2D eigenvalue weighted by Crippen LogP contribution is 2.22. The van der Waals surface area contributed by atoms with Crippen molar-refractivity contribution in [1.29, 1.82) is 0 Å². The van der Waals surface area contributed by atoms with Crippen LogP contribution in [0.25, 0.3) is 0 Å². The summed E-state index contributed by atoms with van der Waals surface area (Å²) in [5, 5.41) is 10.2. The number of amides is 2. The first-order chi connectivity index (χ1) is 10.7. The Balaban J connectivity index is 1.46. The van der Waals surface area contributed by atoms with E-state index in [1.165, 1.54) is 6.26 Å². The number of hydrogen-bond acceptors (Lipinski definition) is 4. The number of anilines is 1. The molecule has 0 aliphatic carbocycles. The third kappa shape index (κ3) is 3.71. The summed E-state index contributed by atoms with van der Waals surface area (Å²) in [6.45, 7) is 2.06. The molecule has 1 aliphatic heterocycles. The number of carbonyl (C=O) groups excluding carboxylic acids is 1. The maximum Gasteiger partial charge on any atom is 0.315 e. The van der Waals surface area contributed by atoms with E-state index >= 15 is 0 Å². The zero-order chi connectivity index (χ0) is 15.4. The van der Waals surface area contributed by atoms with Gasteiger partial charge in [-0.15, -0.1) is 0 Å². The zero-order valence-electron chi connectivity index (χ0n) is 12.0. The van der Waals surface area contributed by atoms with Gasteiger partial charge in [-0.1, -0.05) is 16.8 Å². The number of urea groups is 1. The highest BCUT2D eigenvalue weighted by molar-refractivity contribution is 6.30. The van der Waals surface area contributed by atoms with Crippen molar-refractivity contribution < 1.29 is 9.32 Å². The van der Waals surface area contributed by atoms with Gasteiger partial charge in [-0.3, -0.25) is 0 Å². The van der Waals surface area contributed by atoms with Crippen LogP contribution in [0.3, 0.4) is 0 Å². The van der Waals surface area contributed by atoms with Crippen molar-refractivity contribution in [2.45, 2.75) is 19.0 Å². The van der Waals surface area contributed by atoms with E-state index in [9.17, 15) is 4.79 Å². The molecule has 0 radical (unpaired) electrons. The summed E-state index contributed by atoms with van der Waals surface area (Å²) >= 11 is 5.90. The van der Waals surface area contributed by atoms with Crippen LogP contribution in [0.4, 0.5) is 10.5 Å². The molecule has 2 N–H and O–H groups in total. The normalized spacial score (nSPS) is 17.5. The molecule has 1 saturated heterocycles. The van der Waals surface area contributed by atoms with Gasteiger partial charge < -0.3 is 20.1 Å². The monoisotopic (exact) mass is 320 g/mol. The van der Waals surface area contributed by atoms with Gasteiger partial charge in [0.2, 0.25) is 0 Å². The van der Waals surface area contributed by atoms with Crippen LogP contribution < -0.4 is 15.5 Å². The van der Waals surface area contributed by atoms with E-state index in [1.54, 1.807) is 6.07 Å². The smallest absolute Gasteiger partial charge is 0.315 e. The number of nitrogens with one attached hydrogen (secondary N) is 2. The Morgan fingerprint density at radius 1 is 1.36 bits per heavy atom. The fourth-order valence-corrected chi connectivity index (χ4v) is 2.63. The van der Waals surface area contributed by atoms with Crippen molar-refractivity contribution in [1.82, 2.24) is 15.8 Å². The molecule has 1 aliphatic rings. The van der Waals surface area contributed by atoms with Gasteiger partial charge in [0.15, 0.2) is 0 Å². The fourth-order valence-electron chi connectivity index (χ4n) is 2.50. The molecule has 6 nitrogen and oxygen atoms in total. The lowest BCUT2D eigenvalue weighted by Gasteiger charge is -2.19. The van der Waals surface area contributed by atoms with Crippen molar-refractivity contribution in [2.75, 3.05) is 18.0 Å². The molecule has 0 saturated carbocycles. The maximum absolute atomic E-state index is 11.9. The number of nitrogens with zero attached hydrogens (tertiary/aromatic N) is 2. The molecule has 7 heteroatoms. The van der Waals surface area contributed by atoms with Crippen LogP contribution >= 0.6 is 11.6 Å². The predicted octanol–water partition coefficient (Wildman–Crippen LogP) is 2.41. The molecule has 0 spiro atoms. The van der Waals surface area contributed by atoms with Crippen LogP contribution in [0.5, 0.6) is 0 Å². The second-order valence-electron chi connectivity index (χ2n) is 5.23. The molecule has 1 fully saturated rings. The fraction of sp³-hybridized carbons (Fsp3) is 0.333. The van der Waals surface area contributed by atoms with E-state index in [4.69, 9.17) is 16.1 Å². The van der Waals surface area contributed by atoms with Crippen molar-refractivity contribution in [2.24, 2.45) is 0 Å². The second kappa shape index (κ2) is 6.70. The van der Waals surface area contributed by atoms with Crippen LogP contribution in [-0.4, -0.2) is 30.3 Å². The number of aromatic nitrogens is 1. The van der Waals surface area contributed by atoms with E-state index < -0.39 is 0 Å². The average molecular weight is 321 g/mol. The molecular formula is C15H17ClN4O2. The standard InChI is InChI=1S/C15H17ClN4O2/c16-11-1-3-14(4-2-11)20-7-5-13(10-20)18-15(21)17-9-12-6-8-22-19-12/h1-4,6,8,13H,5,7,9-10H2,(H2,17,18,21)/t13-/m0/s1. The second-order valence-corrected chi connectivity index (χ2v) is 5.66. The first kappa shape index (κ1) is 14.7. The lowest BCUT2D eigenvalue weighted by molar-refractivity contribution is 0.237. The molecule has 1 aromatic carbocycles. The summed E-state index contributed by atoms with van der Waals surface area (Å²) in [6.07, 6.45) is 2.40. The minimum atomic E-state index is -0.189. The predicted molar refractivity (Wildman–Crippen MR) is 83.9 cm³/mol. The molecule has 116 valence electrons. The molecule has 1 atom stereocenters. The largest absolute Gasteiger partial charge is 0.369 e. The maximum atomic E-state index is 11.9. The van der Waals surface area contributed by atoms with Crippen LogP contribution in [-0.2, 0) is 6.54 Å². The van der Waals surface area contributed by atoms with Crippen molar-refractivity contribution >= 4 is 23.3 Å². The lowest BCUT2D eigenvalue weighted by Crippen LogP contribution is -2.43. The highest BCUT2D eigenvalue weighted by atomic mass is 35.5. The van der Waals surface area contributed by atoms with E-state index in [0.717, 1.165) is 30.2 Å². The summed E-state index contributed by atoms with van der Waals surface area (Å²) < 4.78 is 4.71. The summed E-state index contributed by atoms with van der Waals surface area (Å²) in [4.78, 5) is 14.1. The molecule has 2 aromatic rings. The Morgan fingerprint density at radius 2 is 2.18 bits per heavy atom. The molecule has 2 amide bonds. The molecule has 1 aromatic heterocycles. The molecular weight excluding hydrogens is 304 g/mol. The van der Waals surface area contributed by atoms with Crippen LogP contribution in [0.1, 0.15) is 12.1 Å². The van der Waals surface area contributed by atoms with Gasteiger partial charge in [0.1, 0.15) is 12.0 Å². The molecule has 0 unspecified atom stereocenters. The zero-order valence-corrected chi connectivity index (χ0v) is 12.7. The minimum Gasteiger partial charge on any atom is -0.369 e. The highest BCUT2D eigenvalue weighted by Gasteiger charge is 2.24. The van der Waals surface area contributed by atoms with Crippen molar-refractivity contribution in [3.8, 4) is 0 Å². The number of rotatable bonds is 4. The number of carbonyl (C=O) groups is 1. The quantitative estimate of drug-likeness (QED) is 0.907. The van der Waals surface area contributed by atoms with Crippen LogP contribution in [0.15, 0.2) is 41.1 Å².